The number of benzene rings is 5. The van der Waals surface area contributed by atoms with E-state index in [0.717, 1.165) is 38.4 Å². The molecule has 158 valence electrons. The molecule has 0 N–H and O–H groups in total. The molecule has 4 heteroatoms. The maximum Gasteiger partial charge on any atom is 0.138 e. The Morgan fingerprint density at radius 2 is 0.906 bits per heavy atom. The van der Waals surface area contributed by atoms with Gasteiger partial charge in [-0.05, 0) is 23.3 Å². The van der Waals surface area contributed by atoms with E-state index in [0.29, 0.717) is 29.0 Å². The second-order valence-electron chi connectivity index (χ2n) is 7.53. The van der Waals surface area contributed by atoms with Crippen LogP contribution in [0.3, 0.4) is 0 Å². The first-order valence-corrected chi connectivity index (χ1v) is 11.1. The predicted molar refractivity (Wildman–Crippen MR) is 133 cm³/mol. The molecular weight excluding hydrogens is 439 g/mol. The number of hydrogen-bond donors (Lipinski definition) is 0. The molecule has 0 amide bonds. The van der Waals surface area contributed by atoms with Crippen LogP contribution in [0.4, 0.5) is 0 Å². The van der Waals surface area contributed by atoms with Crippen LogP contribution in [0.25, 0.3) is 21.5 Å². The number of ether oxygens (including phenoxy) is 2. The fraction of sp³-hybridized carbons (Fsp3) is 0.0714. The number of fused-ring (bicyclic) bond motifs is 2. The molecule has 0 atom stereocenters. The molecular formula is C28H20Cl2O2. The minimum absolute atomic E-state index is 0.408. The van der Waals surface area contributed by atoms with Gasteiger partial charge in [0.1, 0.15) is 24.7 Å². The average Bonchev–Trinajstić information content (AvgIpc) is 2.83. The van der Waals surface area contributed by atoms with Gasteiger partial charge in [-0.3, -0.25) is 0 Å². The van der Waals surface area contributed by atoms with E-state index in [1.165, 1.54) is 0 Å². The lowest BCUT2D eigenvalue weighted by Gasteiger charge is -2.19. The normalized spacial score (nSPS) is 11.1. The van der Waals surface area contributed by atoms with Crippen molar-refractivity contribution < 1.29 is 9.47 Å². The van der Waals surface area contributed by atoms with Crippen molar-refractivity contribution in [3.05, 3.63) is 118 Å². The number of rotatable bonds is 6. The molecule has 0 aromatic heterocycles. The predicted octanol–water partition coefficient (Wildman–Crippen LogP) is 8.46. The first-order chi connectivity index (χ1) is 15.7. The lowest BCUT2D eigenvalue weighted by atomic mass is 10.00. The van der Waals surface area contributed by atoms with Crippen LogP contribution >= 0.6 is 23.2 Å². The van der Waals surface area contributed by atoms with Gasteiger partial charge in [0.25, 0.3) is 0 Å². The maximum atomic E-state index is 6.71. The Morgan fingerprint density at radius 1 is 0.469 bits per heavy atom. The van der Waals surface area contributed by atoms with Crippen LogP contribution in [0.5, 0.6) is 11.5 Å². The fourth-order valence-corrected chi connectivity index (χ4v) is 4.44. The lowest BCUT2D eigenvalue weighted by molar-refractivity contribution is 0.308. The monoisotopic (exact) mass is 458 g/mol. The van der Waals surface area contributed by atoms with Gasteiger partial charge in [-0.1, -0.05) is 108 Å². The van der Waals surface area contributed by atoms with Crippen LogP contribution in [-0.4, -0.2) is 0 Å². The van der Waals surface area contributed by atoms with Crippen molar-refractivity contribution in [1.82, 2.24) is 0 Å². The molecule has 0 heterocycles. The van der Waals surface area contributed by atoms with Crippen molar-refractivity contribution in [3.63, 3.8) is 0 Å². The largest absolute Gasteiger partial charge is 0.488 e. The Morgan fingerprint density at radius 3 is 1.38 bits per heavy atom. The summed E-state index contributed by atoms with van der Waals surface area (Å²) >= 11 is 13.4. The van der Waals surface area contributed by atoms with Crippen molar-refractivity contribution in [2.75, 3.05) is 0 Å². The van der Waals surface area contributed by atoms with Crippen LogP contribution in [0.15, 0.2) is 97.1 Å². The van der Waals surface area contributed by atoms with E-state index in [9.17, 15) is 0 Å². The molecule has 0 spiro atoms. The molecule has 0 aliphatic heterocycles. The molecule has 5 aromatic rings. The third-order valence-electron chi connectivity index (χ3n) is 5.42. The zero-order valence-electron chi connectivity index (χ0n) is 17.2. The SMILES string of the molecule is Clc1cccc2c(OCc3ccccc3)c3cccc(Cl)c3c(OCc3ccccc3)c12. The minimum atomic E-state index is 0.408. The Kier molecular flexibility index (Phi) is 5.89. The second kappa shape index (κ2) is 9.12. The summed E-state index contributed by atoms with van der Waals surface area (Å²) in [6.45, 7) is 0.847. The Bertz CT molecular complexity index is 1320. The molecule has 0 saturated heterocycles. The smallest absolute Gasteiger partial charge is 0.138 e. The van der Waals surface area contributed by atoms with Crippen LogP contribution in [-0.2, 0) is 13.2 Å². The summed E-state index contributed by atoms with van der Waals surface area (Å²) in [4.78, 5) is 0. The van der Waals surface area contributed by atoms with E-state index >= 15 is 0 Å². The lowest BCUT2D eigenvalue weighted by Crippen LogP contribution is -2.01. The second-order valence-corrected chi connectivity index (χ2v) is 8.35. The van der Waals surface area contributed by atoms with Crippen molar-refractivity contribution in [3.8, 4) is 11.5 Å². The maximum absolute atomic E-state index is 6.71. The average molecular weight is 459 g/mol. The molecule has 5 rings (SSSR count). The number of halogens is 2. The van der Waals surface area contributed by atoms with Gasteiger partial charge in [-0.25, -0.2) is 0 Å². The van der Waals surface area contributed by atoms with Crippen molar-refractivity contribution in [1.29, 1.82) is 0 Å². The van der Waals surface area contributed by atoms with Gasteiger partial charge in [0, 0.05) is 21.5 Å². The van der Waals surface area contributed by atoms with Crippen molar-refractivity contribution >= 4 is 44.7 Å². The van der Waals surface area contributed by atoms with E-state index in [1.807, 2.05) is 97.1 Å². The van der Waals surface area contributed by atoms with E-state index < -0.39 is 0 Å². The highest BCUT2D eigenvalue weighted by molar-refractivity contribution is 6.40. The van der Waals surface area contributed by atoms with Gasteiger partial charge in [-0.15, -0.1) is 0 Å². The van der Waals surface area contributed by atoms with E-state index in [2.05, 4.69) is 0 Å². The van der Waals surface area contributed by atoms with E-state index in [1.54, 1.807) is 0 Å². The van der Waals surface area contributed by atoms with Gasteiger partial charge >= 0.3 is 0 Å². The Balaban J connectivity index is 1.69. The first-order valence-electron chi connectivity index (χ1n) is 10.4. The summed E-state index contributed by atoms with van der Waals surface area (Å²) in [6, 6.07) is 31.7. The standard InChI is InChI=1S/C28H20Cl2O2/c29-23-15-7-13-21-25(23)28(32-18-20-11-5-2-6-12-20)26-22(14-8-16-24(26)30)27(21)31-17-19-9-3-1-4-10-19/h1-16H,17-18H2. The minimum Gasteiger partial charge on any atom is -0.488 e. The van der Waals surface area contributed by atoms with Crippen LogP contribution in [0, 0.1) is 0 Å². The zero-order chi connectivity index (χ0) is 21.9. The molecule has 0 aliphatic rings. The molecule has 0 aliphatic carbocycles. The highest BCUT2D eigenvalue weighted by Crippen LogP contribution is 2.48. The third-order valence-corrected chi connectivity index (χ3v) is 6.05. The highest BCUT2D eigenvalue weighted by atomic mass is 35.5. The molecule has 0 bridgehead atoms. The van der Waals surface area contributed by atoms with Crippen LogP contribution in [0.1, 0.15) is 11.1 Å². The first kappa shape index (κ1) is 20.7. The Labute approximate surface area is 196 Å². The van der Waals surface area contributed by atoms with Gasteiger partial charge in [0.2, 0.25) is 0 Å². The number of hydrogen-bond acceptors (Lipinski definition) is 2. The van der Waals surface area contributed by atoms with Gasteiger partial charge in [-0.2, -0.15) is 0 Å². The van der Waals surface area contributed by atoms with E-state index in [4.69, 9.17) is 32.7 Å². The van der Waals surface area contributed by atoms with Crippen LogP contribution < -0.4 is 9.47 Å². The van der Waals surface area contributed by atoms with E-state index in [-0.39, 0.29) is 0 Å². The van der Waals surface area contributed by atoms with Crippen LogP contribution in [0.2, 0.25) is 10.0 Å². The third kappa shape index (κ3) is 4.00. The summed E-state index contributed by atoms with van der Waals surface area (Å²) in [6.07, 6.45) is 0. The Hall–Kier alpha value is -3.20. The molecule has 5 aromatic carbocycles. The highest BCUT2D eigenvalue weighted by Gasteiger charge is 2.20. The molecule has 32 heavy (non-hydrogen) atoms. The molecule has 2 nitrogen and oxygen atoms in total. The van der Waals surface area contributed by atoms with Gasteiger partial charge < -0.3 is 9.47 Å². The van der Waals surface area contributed by atoms with Gasteiger partial charge in [0.15, 0.2) is 0 Å². The topological polar surface area (TPSA) is 18.5 Å². The molecule has 0 unspecified atom stereocenters. The summed E-state index contributed by atoms with van der Waals surface area (Å²) in [5, 5.41) is 4.58. The molecule has 0 fully saturated rings. The summed E-state index contributed by atoms with van der Waals surface area (Å²) in [5.74, 6) is 1.41. The van der Waals surface area contributed by atoms with Crippen molar-refractivity contribution in [2.24, 2.45) is 0 Å². The summed E-state index contributed by atoms with van der Waals surface area (Å²) in [5.41, 5.74) is 2.15. The summed E-state index contributed by atoms with van der Waals surface area (Å²) in [7, 11) is 0. The zero-order valence-corrected chi connectivity index (χ0v) is 18.7. The molecule has 0 saturated carbocycles. The quantitative estimate of drug-likeness (QED) is 0.237. The van der Waals surface area contributed by atoms with Crippen molar-refractivity contribution in [2.45, 2.75) is 13.2 Å². The van der Waals surface area contributed by atoms with Gasteiger partial charge in [0.05, 0.1) is 10.0 Å². The summed E-state index contributed by atoms with van der Waals surface area (Å²) < 4.78 is 12.7. The fourth-order valence-electron chi connectivity index (χ4n) is 3.92. The molecule has 0 radical (unpaired) electrons.